The molecule has 0 aromatic heterocycles. The Morgan fingerprint density at radius 1 is 0.826 bits per heavy atom. The summed E-state index contributed by atoms with van der Waals surface area (Å²) in [4.78, 5) is 0. The molecule has 1 aromatic carbocycles. The van der Waals surface area contributed by atoms with Gasteiger partial charge in [0.15, 0.2) is 0 Å². The van der Waals surface area contributed by atoms with E-state index in [2.05, 4.69) is 31.2 Å². The van der Waals surface area contributed by atoms with Gasteiger partial charge in [0.05, 0.1) is 0 Å². The molecule has 1 aromatic rings. The highest BCUT2D eigenvalue weighted by molar-refractivity contribution is 5.40. The van der Waals surface area contributed by atoms with Gasteiger partial charge in [-0.05, 0) is 79.9 Å². The molecule has 2 aliphatic rings. The molecule has 0 aliphatic heterocycles. The van der Waals surface area contributed by atoms with Crippen molar-refractivity contribution in [2.24, 2.45) is 17.8 Å². The zero-order chi connectivity index (χ0) is 16.1. The fourth-order valence-corrected chi connectivity index (χ4v) is 5.13. The molecule has 0 amide bonds. The molecule has 0 heterocycles. The van der Waals surface area contributed by atoms with Crippen molar-refractivity contribution < 1.29 is 0 Å². The number of hydrogen-bond acceptors (Lipinski definition) is 1. The number of hydrogen-bond donors (Lipinski definition) is 1. The maximum absolute atomic E-state index is 5.82. The summed E-state index contributed by atoms with van der Waals surface area (Å²) in [5.41, 5.74) is 8.22. The lowest BCUT2D eigenvalue weighted by Gasteiger charge is -2.38. The normalized spacial score (nSPS) is 31.9. The van der Waals surface area contributed by atoms with Crippen LogP contribution in [-0.4, -0.2) is 0 Å². The lowest BCUT2D eigenvalue weighted by molar-refractivity contribution is 0.156. The first-order chi connectivity index (χ1) is 11.3. The molecule has 1 nitrogen and oxygen atoms in total. The fraction of sp³-hybridized carbons (Fsp3) is 0.727. The summed E-state index contributed by atoms with van der Waals surface area (Å²) in [6, 6.07) is 8.64. The predicted octanol–water partition coefficient (Wildman–Crippen LogP) is 6.54. The third-order valence-electron chi connectivity index (χ3n) is 6.70. The molecule has 23 heavy (non-hydrogen) atoms. The monoisotopic (exact) mass is 313 g/mol. The molecule has 0 unspecified atom stereocenters. The lowest BCUT2D eigenvalue weighted by atomic mass is 9.68. The molecule has 0 saturated heterocycles. The first kappa shape index (κ1) is 16.9. The number of unbranched alkanes of at least 4 members (excludes halogenated alkanes) is 1. The molecule has 2 N–H and O–H groups in total. The standard InChI is InChI=1S/C22H35N/c1-2-3-4-17-5-7-18(8-6-17)19-9-11-20(12-10-19)21-13-15-22(23)16-14-21/h13-20H,2-12,23H2,1H3/t17?,18?,19-,20-. The van der Waals surface area contributed by atoms with Crippen LogP contribution in [0, 0.1) is 17.8 Å². The Labute approximate surface area is 143 Å². The smallest absolute Gasteiger partial charge is 0.0314 e. The van der Waals surface area contributed by atoms with Crippen LogP contribution < -0.4 is 5.73 Å². The molecule has 3 rings (SSSR count). The Hall–Kier alpha value is -0.980. The Balaban J connectivity index is 1.43. The maximum Gasteiger partial charge on any atom is 0.0314 e. The maximum atomic E-state index is 5.82. The number of anilines is 1. The lowest BCUT2D eigenvalue weighted by Crippen LogP contribution is -2.25. The van der Waals surface area contributed by atoms with Gasteiger partial charge in [-0.25, -0.2) is 0 Å². The summed E-state index contributed by atoms with van der Waals surface area (Å²) in [6.07, 6.45) is 16.1. The Morgan fingerprint density at radius 2 is 1.39 bits per heavy atom. The largest absolute Gasteiger partial charge is 0.399 e. The van der Waals surface area contributed by atoms with E-state index in [1.54, 1.807) is 0 Å². The molecule has 2 saturated carbocycles. The average Bonchev–Trinajstić information content (AvgIpc) is 2.61. The molecule has 0 spiro atoms. The topological polar surface area (TPSA) is 26.0 Å². The van der Waals surface area contributed by atoms with E-state index in [-0.39, 0.29) is 0 Å². The minimum absolute atomic E-state index is 0.785. The minimum atomic E-state index is 0.785. The van der Waals surface area contributed by atoms with Crippen LogP contribution in [-0.2, 0) is 0 Å². The van der Waals surface area contributed by atoms with Crippen molar-refractivity contribution in [3.05, 3.63) is 29.8 Å². The van der Waals surface area contributed by atoms with Gasteiger partial charge in [0.2, 0.25) is 0 Å². The summed E-state index contributed by atoms with van der Waals surface area (Å²) in [5, 5.41) is 0. The third kappa shape index (κ3) is 4.52. The highest BCUT2D eigenvalue weighted by Crippen LogP contribution is 2.44. The average molecular weight is 314 g/mol. The van der Waals surface area contributed by atoms with Gasteiger partial charge in [0, 0.05) is 5.69 Å². The van der Waals surface area contributed by atoms with Crippen molar-refractivity contribution in [2.45, 2.75) is 83.5 Å². The fourth-order valence-electron chi connectivity index (χ4n) is 5.13. The number of nitrogens with two attached hydrogens (primary N) is 1. The van der Waals surface area contributed by atoms with Crippen LogP contribution in [0.25, 0.3) is 0 Å². The van der Waals surface area contributed by atoms with E-state index in [0.717, 1.165) is 29.4 Å². The second-order valence-corrected chi connectivity index (χ2v) is 8.20. The Bertz CT molecular complexity index is 447. The van der Waals surface area contributed by atoms with Gasteiger partial charge in [-0.1, -0.05) is 51.2 Å². The SMILES string of the molecule is CCCCC1CCC([C@H]2CC[C@H](c3ccc(N)cc3)CC2)CC1. The molecule has 2 fully saturated rings. The summed E-state index contributed by atoms with van der Waals surface area (Å²) in [6.45, 7) is 2.32. The molecule has 0 atom stereocenters. The van der Waals surface area contributed by atoms with Crippen LogP contribution in [0.5, 0.6) is 0 Å². The first-order valence-electron chi connectivity index (χ1n) is 10.1. The zero-order valence-electron chi connectivity index (χ0n) is 15.0. The van der Waals surface area contributed by atoms with Crippen LogP contribution >= 0.6 is 0 Å². The Kier molecular flexibility index (Phi) is 6.02. The van der Waals surface area contributed by atoms with Gasteiger partial charge in [-0.3, -0.25) is 0 Å². The van der Waals surface area contributed by atoms with Crippen molar-refractivity contribution in [2.75, 3.05) is 5.73 Å². The molecule has 0 radical (unpaired) electrons. The summed E-state index contributed by atoms with van der Waals surface area (Å²) >= 11 is 0. The molecular weight excluding hydrogens is 278 g/mol. The van der Waals surface area contributed by atoms with Gasteiger partial charge in [-0.15, -0.1) is 0 Å². The van der Waals surface area contributed by atoms with Gasteiger partial charge < -0.3 is 5.73 Å². The molecule has 128 valence electrons. The van der Waals surface area contributed by atoms with Gasteiger partial charge in [0.1, 0.15) is 0 Å². The summed E-state index contributed by atoms with van der Waals surface area (Å²) < 4.78 is 0. The van der Waals surface area contributed by atoms with E-state index in [1.807, 2.05) is 0 Å². The van der Waals surface area contributed by atoms with E-state index in [9.17, 15) is 0 Å². The van der Waals surface area contributed by atoms with E-state index in [0.29, 0.717) is 0 Å². The molecule has 0 bridgehead atoms. The number of nitrogen functional groups attached to an aromatic ring is 1. The molecule has 2 aliphatic carbocycles. The van der Waals surface area contributed by atoms with Crippen molar-refractivity contribution in [1.82, 2.24) is 0 Å². The highest BCUT2D eigenvalue weighted by Gasteiger charge is 2.31. The molecule has 1 heteroatoms. The quantitative estimate of drug-likeness (QED) is 0.614. The van der Waals surface area contributed by atoms with Gasteiger partial charge in [0.25, 0.3) is 0 Å². The van der Waals surface area contributed by atoms with Crippen LogP contribution in [0.3, 0.4) is 0 Å². The summed E-state index contributed by atoms with van der Waals surface area (Å²) in [5.74, 6) is 3.90. The van der Waals surface area contributed by atoms with Crippen molar-refractivity contribution in [3.8, 4) is 0 Å². The highest BCUT2D eigenvalue weighted by atomic mass is 14.5. The second kappa shape index (κ2) is 8.22. The predicted molar refractivity (Wildman–Crippen MR) is 101 cm³/mol. The zero-order valence-corrected chi connectivity index (χ0v) is 15.0. The van der Waals surface area contributed by atoms with Crippen LogP contribution in [0.1, 0.15) is 89.0 Å². The second-order valence-electron chi connectivity index (χ2n) is 8.20. The van der Waals surface area contributed by atoms with Crippen LogP contribution in [0.15, 0.2) is 24.3 Å². The third-order valence-corrected chi connectivity index (χ3v) is 6.70. The van der Waals surface area contributed by atoms with Crippen molar-refractivity contribution in [3.63, 3.8) is 0 Å². The van der Waals surface area contributed by atoms with Gasteiger partial charge in [-0.2, -0.15) is 0 Å². The van der Waals surface area contributed by atoms with Gasteiger partial charge >= 0.3 is 0 Å². The van der Waals surface area contributed by atoms with Crippen molar-refractivity contribution >= 4 is 5.69 Å². The number of rotatable bonds is 5. The van der Waals surface area contributed by atoms with Crippen molar-refractivity contribution in [1.29, 1.82) is 0 Å². The van der Waals surface area contributed by atoms with E-state index >= 15 is 0 Å². The summed E-state index contributed by atoms with van der Waals surface area (Å²) in [7, 11) is 0. The first-order valence-corrected chi connectivity index (χ1v) is 10.1. The van der Waals surface area contributed by atoms with E-state index < -0.39 is 0 Å². The van der Waals surface area contributed by atoms with E-state index in [1.165, 1.54) is 76.2 Å². The number of benzene rings is 1. The van der Waals surface area contributed by atoms with Crippen LogP contribution in [0.2, 0.25) is 0 Å². The minimum Gasteiger partial charge on any atom is -0.399 e. The van der Waals surface area contributed by atoms with Crippen LogP contribution in [0.4, 0.5) is 5.69 Å². The molecular formula is C22H35N. The Morgan fingerprint density at radius 3 is 1.96 bits per heavy atom. The van der Waals surface area contributed by atoms with E-state index in [4.69, 9.17) is 5.73 Å².